The van der Waals surface area contributed by atoms with Crippen molar-refractivity contribution in [2.45, 2.75) is 52.9 Å². The third kappa shape index (κ3) is 3.76. The maximum Gasteiger partial charge on any atom is 0.241 e. The van der Waals surface area contributed by atoms with Gasteiger partial charge in [0, 0.05) is 25.7 Å². The molecule has 3 atom stereocenters. The highest BCUT2D eigenvalue weighted by Gasteiger charge is 2.43. The SMILES string of the molecule is CC(C)C1NC(C(C)C)N(C(C)CN2CCOCC2)C1=O. The zero-order chi connectivity index (χ0) is 15.6. The van der Waals surface area contributed by atoms with Gasteiger partial charge in [-0.15, -0.1) is 0 Å². The molecular weight excluding hydrogens is 266 g/mol. The van der Waals surface area contributed by atoms with Crippen LogP contribution in [-0.2, 0) is 9.53 Å². The van der Waals surface area contributed by atoms with Crippen LogP contribution in [0.3, 0.4) is 0 Å². The maximum atomic E-state index is 12.8. The zero-order valence-electron chi connectivity index (χ0n) is 14.1. The first-order valence-electron chi connectivity index (χ1n) is 8.30. The van der Waals surface area contributed by atoms with Crippen LogP contribution in [-0.4, -0.2) is 66.8 Å². The summed E-state index contributed by atoms with van der Waals surface area (Å²) in [6.07, 6.45) is 0.154. The Labute approximate surface area is 129 Å². The molecule has 5 heteroatoms. The Hall–Kier alpha value is -0.650. The van der Waals surface area contributed by atoms with Gasteiger partial charge < -0.3 is 9.64 Å². The van der Waals surface area contributed by atoms with Crippen LogP contribution < -0.4 is 5.32 Å². The van der Waals surface area contributed by atoms with Gasteiger partial charge in [-0.05, 0) is 18.8 Å². The zero-order valence-corrected chi connectivity index (χ0v) is 14.1. The van der Waals surface area contributed by atoms with E-state index in [1.807, 2.05) is 0 Å². The van der Waals surface area contributed by atoms with Crippen molar-refractivity contribution in [3.05, 3.63) is 0 Å². The smallest absolute Gasteiger partial charge is 0.241 e. The van der Waals surface area contributed by atoms with Crippen LogP contribution in [0.4, 0.5) is 0 Å². The minimum atomic E-state index is -0.0375. The standard InChI is InChI=1S/C16H31N3O2/c1-11(2)14-16(20)19(15(17-14)12(3)4)13(5)10-18-6-8-21-9-7-18/h11-15,17H,6-10H2,1-5H3. The molecule has 0 aromatic heterocycles. The van der Waals surface area contributed by atoms with E-state index in [2.05, 4.69) is 49.7 Å². The summed E-state index contributed by atoms with van der Waals surface area (Å²) in [6, 6.07) is 0.198. The van der Waals surface area contributed by atoms with Gasteiger partial charge in [0.1, 0.15) is 0 Å². The lowest BCUT2D eigenvalue weighted by Gasteiger charge is -2.36. The largest absolute Gasteiger partial charge is 0.379 e. The molecule has 0 aliphatic carbocycles. The number of nitrogens with one attached hydrogen (secondary N) is 1. The van der Waals surface area contributed by atoms with Crippen molar-refractivity contribution in [1.82, 2.24) is 15.1 Å². The number of ether oxygens (including phenoxy) is 1. The fourth-order valence-corrected chi connectivity index (χ4v) is 3.36. The first kappa shape index (κ1) is 16.7. The molecule has 2 rings (SSSR count). The fourth-order valence-electron chi connectivity index (χ4n) is 3.36. The molecule has 2 aliphatic rings. The Bertz CT molecular complexity index is 353. The Morgan fingerprint density at radius 1 is 1.14 bits per heavy atom. The van der Waals surface area contributed by atoms with Crippen molar-refractivity contribution in [2.24, 2.45) is 11.8 Å². The van der Waals surface area contributed by atoms with Crippen LogP contribution in [0, 0.1) is 11.8 Å². The van der Waals surface area contributed by atoms with Gasteiger partial charge in [-0.25, -0.2) is 0 Å². The summed E-state index contributed by atoms with van der Waals surface area (Å²) >= 11 is 0. The number of nitrogens with zero attached hydrogens (tertiary/aromatic N) is 2. The van der Waals surface area contributed by atoms with Gasteiger partial charge in [0.05, 0.1) is 25.4 Å². The lowest BCUT2D eigenvalue weighted by molar-refractivity contribution is -0.133. The minimum Gasteiger partial charge on any atom is -0.379 e. The van der Waals surface area contributed by atoms with E-state index in [9.17, 15) is 4.79 Å². The maximum absolute atomic E-state index is 12.8. The molecular formula is C16H31N3O2. The Morgan fingerprint density at radius 2 is 1.76 bits per heavy atom. The third-order valence-electron chi connectivity index (χ3n) is 4.57. The van der Waals surface area contributed by atoms with Crippen molar-refractivity contribution < 1.29 is 9.53 Å². The first-order valence-corrected chi connectivity index (χ1v) is 8.30. The van der Waals surface area contributed by atoms with E-state index in [4.69, 9.17) is 4.74 Å². The highest BCUT2D eigenvalue weighted by molar-refractivity contribution is 5.85. The highest BCUT2D eigenvalue weighted by Crippen LogP contribution is 2.24. The van der Waals surface area contributed by atoms with Crippen LogP contribution in [0.25, 0.3) is 0 Å². The van der Waals surface area contributed by atoms with Crippen LogP contribution in [0.2, 0.25) is 0 Å². The van der Waals surface area contributed by atoms with Crippen molar-refractivity contribution in [1.29, 1.82) is 0 Å². The Balaban J connectivity index is 2.04. The number of carbonyl (C=O) groups excluding carboxylic acids is 1. The fraction of sp³-hybridized carbons (Fsp3) is 0.938. The lowest BCUT2D eigenvalue weighted by atomic mass is 10.0. The molecule has 0 aromatic carbocycles. The second-order valence-corrected chi connectivity index (χ2v) is 7.08. The number of hydrogen-bond donors (Lipinski definition) is 1. The second kappa shape index (κ2) is 7.07. The van der Waals surface area contributed by atoms with Gasteiger partial charge in [0.15, 0.2) is 0 Å². The Kier molecular flexibility index (Phi) is 5.63. The molecule has 3 unspecified atom stereocenters. The van der Waals surface area contributed by atoms with Crippen molar-refractivity contribution in [3.8, 4) is 0 Å². The molecule has 0 bridgehead atoms. The number of hydrogen-bond acceptors (Lipinski definition) is 4. The molecule has 5 nitrogen and oxygen atoms in total. The van der Waals surface area contributed by atoms with E-state index in [1.165, 1.54) is 0 Å². The second-order valence-electron chi connectivity index (χ2n) is 7.08. The normalized spacial score (nSPS) is 29.7. The van der Waals surface area contributed by atoms with Gasteiger partial charge in [-0.2, -0.15) is 0 Å². The van der Waals surface area contributed by atoms with Crippen LogP contribution in [0.1, 0.15) is 34.6 Å². The summed E-state index contributed by atoms with van der Waals surface area (Å²) in [5.41, 5.74) is 0. The number of amides is 1. The van der Waals surface area contributed by atoms with Crippen LogP contribution in [0.15, 0.2) is 0 Å². The summed E-state index contributed by atoms with van der Waals surface area (Å²) in [4.78, 5) is 17.3. The van der Waals surface area contributed by atoms with E-state index in [0.717, 1.165) is 32.8 Å². The monoisotopic (exact) mass is 297 g/mol. The average Bonchev–Trinajstić information content (AvgIpc) is 2.78. The summed E-state index contributed by atoms with van der Waals surface area (Å²) in [5.74, 6) is 1.02. The molecule has 2 aliphatic heterocycles. The van der Waals surface area contributed by atoms with E-state index < -0.39 is 0 Å². The lowest BCUT2D eigenvalue weighted by Crippen LogP contribution is -2.51. The van der Waals surface area contributed by atoms with Crippen molar-refractivity contribution in [2.75, 3.05) is 32.8 Å². The first-order chi connectivity index (χ1) is 9.91. The molecule has 1 N–H and O–H groups in total. The quantitative estimate of drug-likeness (QED) is 0.827. The van der Waals surface area contributed by atoms with Gasteiger partial charge >= 0.3 is 0 Å². The molecule has 1 amide bonds. The molecule has 0 aromatic rings. The van der Waals surface area contributed by atoms with Crippen LogP contribution >= 0.6 is 0 Å². The van der Waals surface area contributed by atoms with Crippen molar-refractivity contribution in [3.63, 3.8) is 0 Å². The Morgan fingerprint density at radius 3 is 2.29 bits per heavy atom. The van der Waals surface area contributed by atoms with Gasteiger partial charge in [-0.1, -0.05) is 27.7 Å². The molecule has 2 fully saturated rings. The molecule has 2 saturated heterocycles. The van der Waals surface area contributed by atoms with E-state index >= 15 is 0 Å². The molecule has 2 heterocycles. The number of morpholine rings is 1. The van der Waals surface area contributed by atoms with E-state index in [-0.39, 0.29) is 24.2 Å². The molecule has 0 radical (unpaired) electrons. The minimum absolute atomic E-state index is 0.0375. The van der Waals surface area contributed by atoms with E-state index in [0.29, 0.717) is 11.8 Å². The average molecular weight is 297 g/mol. The topological polar surface area (TPSA) is 44.8 Å². The predicted molar refractivity (Wildman–Crippen MR) is 84.0 cm³/mol. The van der Waals surface area contributed by atoms with Gasteiger partial charge in [0.2, 0.25) is 5.91 Å². The summed E-state index contributed by atoms with van der Waals surface area (Å²) in [5, 5.41) is 3.54. The van der Waals surface area contributed by atoms with E-state index in [1.54, 1.807) is 0 Å². The summed E-state index contributed by atoms with van der Waals surface area (Å²) in [7, 11) is 0. The molecule has 0 saturated carbocycles. The van der Waals surface area contributed by atoms with Gasteiger partial charge in [0.25, 0.3) is 0 Å². The molecule has 0 spiro atoms. The third-order valence-corrected chi connectivity index (χ3v) is 4.57. The number of carbonyl (C=O) groups is 1. The predicted octanol–water partition coefficient (Wildman–Crippen LogP) is 1.15. The number of rotatable bonds is 5. The van der Waals surface area contributed by atoms with Gasteiger partial charge in [-0.3, -0.25) is 15.0 Å². The summed E-state index contributed by atoms with van der Waals surface area (Å²) in [6.45, 7) is 15.3. The summed E-state index contributed by atoms with van der Waals surface area (Å²) < 4.78 is 5.40. The van der Waals surface area contributed by atoms with Crippen molar-refractivity contribution >= 4 is 5.91 Å². The molecule has 122 valence electrons. The highest BCUT2D eigenvalue weighted by atomic mass is 16.5. The molecule has 21 heavy (non-hydrogen) atoms. The van der Waals surface area contributed by atoms with Crippen LogP contribution in [0.5, 0.6) is 0 Å².